The fourth-order valence-electron chi connectivity index (χ4n) is 6.61. The minimum atomic E-state index is -0.838. The molecule has 2 bridgehead atoms. The molecule has 3 atom stereocenters. The van der Waals surface area contributed by atoms with E-state index >= 15 is 0 Å². The van der Waals surface area contributed by atoms with E-state index in [0.717, 1.165) is 43.6 Å². The molecule has 10 nitrogen and oxygen atoms in total. The SMILES string of the molecule is COc1ccc(C(Cc2c(Cl)c[n+]([O-])cc2Cl)OC(=O)c2ccc(CNC(C(=O)O[C@H]3CN4CCC3CC4)c3ccccc3)cc2)cc1OC. The molecule has 0 spiro atoms. The number of piperidine rings is 3. The molecular weight excluding hydrogens is 681 g/mol. The third-order valence-corrected chi connectivity index (χ3v) is 10.1. The predicted molar refractivity (Wildman–Crippen MR) is 188 cm³/mol. The summed E-state index contributed by atoms with van der Waals surface area (Å²) in [5.41, 5.74) is 3.07. The number of halogens is 2. The van der Waals surface area contributed by atoms with Crippen LogP contribution in [0.25, 0.3) is 0 Å². The van der Waals surface area contributed by atoms with E-state index in [-0.39, 0.29) is 28.5 Å². The van der Waals surface area contributed by atoms with Gasteiger partial charge in [0.1, 0.15) is 28.3 Å². The van der Waals surface area contributed by atoms with Crippen LogP contribution in [0.5, 0.6) is 11.5 Å². The molecule has 3 aliphatic heterocycles. The van der Waals surface area contributed by atoms with E-state index in [4.69, 9.17) is 42.1 Å². The number of nitrogens with zero attached hydrogens (tertiary/aromatic N) is 2. The molecule has 12 heteroatoms. The number of carbonyl (C=O) groups excluding carboxylic acids is 2. The molecule has 50 heavy (non-hydrogen) atoms. The van der Waals surface area contributed by atoms with Crippen LogP contribution in [-0.2, 0) is 27.2 Å². The Morgan fingerprint density at radius 2 is 1.60 bits per heavy atom. The zero-order valence-electron chi connectivity index (χ0n) is 27.9. The number of pyridine rings is 1. The minimum absolute atomic E-state index is 0.0943. The van der Waals surface area contributed by atoms with Gasteiger partial charge < -0.3 is 24.2 Å². The molecule has 0 aliphatic carbocycles. The maximum absolute atomic E-state index is 13.5. The van der Waals surface area contributed by atoms with E-state index in [0.29, 0.717) is 45.4 Å². The number of benzene rings is 3. The van der Waals surface area contributed by atoms with Crippen LogP contribution >= 0.6 is 23.2 Å². The van der Waals surface area contributed by atoms with Crippen LogP contribution in [0.15, 0.2) is 85.2 Å². The molecule has 0 saturated carbocycles. The lowest BCUT2D eigenvalue weighted by atomic mass is 9.86. The van der Waals surface area contributed by atoms with Crippen LogP contribution in [0, 0.1) is 11.1 Å². The number of carbonyl (C=O) groups is 2. The summed E-state index contributed by atoms with van der Waals surface area (Å²) in [4.78, 5) is 29.4. The quantitative estimate of drug-likeness (QED) is 0.0973. The van der Waals surface area contributed by atoms with Crippen LogP contribution in [0.4, 0.5) is 0 Å². The number of hydrogen-bond acceptors (Lipinski definition) is 9. The van der Waals surface area contributed by atoms with E-state index in [9.17, 15) is 14.8 Å². The summed E-state index contributed by atoms with van der Waals surface area (Å²) >= 11 is 12.8. The standard InChI is InChI=1S/C38H39Cl2N3O7/c1-47-32-13-12-28(18-34(32)48-2)33(19-29-30(39)21-43(46)22-31(29)40)49-37(44)27-10-8-24(9-11-27)20-41-36(26-6-4-3-5-7-26)38(45)50-35-23-42-16-14-25(35)15-17-42/h3-13,18,21-22,25,33,35-36,41H,14-17,19-20,23H2,1-2H3/t33?,35-,36?/m0/s1. The van der Waals surface area contributed by atoms with Gasteiger partial charge >= 0.3 is 11.9 Å². The first-order valence-corrected chi connectivity index (χ1v) is 17.3. The second-order valence-corrected chi connectivity index (χ2v) is 13.4. The summed E-state index contributed by atoms with van der Waals surface area (Å²) in [5, 5.41) is 15.5. The lowest BCUT2D eigenvalue weighted by Crippen LogP contribution is -2.52. The molecule has 0 amide bonds. The van der Waals surface area contributed by atoms with Gasteiger partial charge in [-0.1, -0.05) is 71.7 Å². The van der Waals surface area contributed by atoms with Crippen molar-refractivity contribution >= 4 is 35.1 Å². The Hall–Kier alpha value is -4.35. The van der Waals surface area contributed by atoms with Crippen LogP contribution in [0.3, 0.4) is 0 Å². The first kappa shape index (κ1) is 35.5. The van der Waals surface area contributed by atoms with Gasteiger partial charge in [-0.25, -0.2) is 9.59 Å². The van der Waals surface area contributed by atoms with Gasteiger partial charge in [-0.3, -0.25) is 10.2 Å². The molecule has 7 rings (SSSR count). The molecule has 4 aromatic rings. The molecule has 1 N–H and O–H groups in total. The number of hydrogen-bond donors (Lipinski definition) is 1. The van der Waals surface area contributed by atoms with Gasteiger partial charge in [0.15, 0.2) is 23.9 Å². The predicted octanol–water partition coefficient (Wildman–Crippen LogP) is 6.25. The molecular formula is C38H39Cl2N3O7. The summed E-state index contributed by atoms with van der Waals surface area (Å²) in [6.07, 6.45) is 3.67. The van der Waals surface area contributed by atoms with E-state index in [1.807, 2.05) is 42.5 Å². The summed E-state index contributed by atoms with van der Waals surface area (Å²) in [7, 11) is 3.04. The molecule has 3 aromatic carbocycles. The topological polar surface area (TPSA) is 113 Å². The molecule has 3 fully saturated rings. The minimum Gasteiger partial charge on any atom is -0.619 e. The van der Waals surface area contributed by atoms with Gasteiger partial charge in [-0.05, 0) is 72.8 Å². The first-order valence-electron chi connectivity index (χ1n) is 16.5. The van der Waals surface area contributed by atoms with Crippen LogP contribution in [-0.4, -0.2) is 56.8 Å². The number of methoxy groups -OCH3 is 2. The van der Waals surface area contributed by atoms with Crippen molar-refractivity contribution in [3.63, 3.8) is 0 Å². The number of ether oxygens (including phenoxy) is 4. The van der Waals surface area contributed by atoms with Crippen LogP contribution < -0.4 is 19.5 Å². The average molecular weight is 721 g/mol. The van der Waals surface area contributed by atoms with Gasteiger partial charge in [-0.15, -0.1) is 0 Å². The number of fused-ring (bicyclic) bond motifs is 3. The van der Waals surface area contributed by atoms with Crippen molar-refractivity contribution in [2.24, 2.45) is 5.92 Å². The maximum atomic E-state index is 13.5. The highest BCUT2D eigenvalue weighted by molar-refractivity contribution is 6.35. The highest BCUT2D eigenvalue weighted by Gasteiger charge is 2.38. The fourth-order valence-corrected chi connectivity index (χ4v) is 7.21. The molecule has 1 aromatic heterocycles. The fraction of sp³-hybridized carbons (Fsp3) is 0.342. The van der Waals surface area contributed by atoms with Gasteiger partial charge in [0.2, 0.25) is 0 Å². The Bertz CT molecular complexity index is 1780. The highest BCUT2D eigenvalue weighted by Crippen LogP contribution is 2.36. The van der Waals surface area contributed by atoms with E-state index < -0.39 is 18.1 Å². The summed E-state index contributed by atoms with van der Waals surface area (Å²) in [6, 6.07) is 21.1. The van der Waals surface area contributed by atoms with Crippen molar-refractivity contribution in [2.45, 2.75) is 44.1 Å². The van der Waals surface area contributed by atoms with Crippen molar-refractivity contribution in [3.05, 3.63) is 128 Å². The molecule has 3 saturated heterocycles. The third-order valence-electron chi connectivity index (χ3n) is 9.41. The molecule has 3 aliphatic rings. The Labute approximate surface area is 301 Å². The summed E-state index contributed by atoms with van der Waals surface area (Å²) < 4.78 is 23.5. The van der Waals surface area contributed by atoms with Gasteiger partial charge in [0, 0.05) is 25.1 Å². The second-order valence-electron chi connectivity index (χ2n) is 12.5. The highest BCUT2D eigenvalue weighted by atomic mass is 35.5. The van der Waals surface area contributed by atoms with Crippen LogP contribution in [0.2, 0.25) is 10.0 Å². The Morgan fingerprint density at radius 3 is 2.22 bits per heavy atom. The lowest BCUT2D eigenvalue weighted by molar-refractivity contribution is -0.605. The Morgan fingerprint density at radius 1 is 0.920 bits per heavy atom. The normalized spacial score (nSPS) is 19.3. The molecule has 262 valence electrons. The van der Waals surface area contributed by atoms with Gasteiger partial charge in [-0.2, -0.15) is 4.73 Å². The zero-order valence-corrected chi connectivity index (χ0v) is 29.4. The van der Waals surface area contributed by atoms with Crippen molar-refractivity contribution in [1.29, 1.82) is 0 Å². The monoisotopic (exact) mass is 719 g/mol. The number of aromatic nitrogens is 1. The summed E-state index contributed by atoms with van der Waals surface area (Å²) in [6.45, 7) is 3.28. The van der Waals surface area contributed by atoms with E-state index in [1.165, 1.54) is 26.6 Å². The van der Waals surface area contributed by atoms with E-state index in [2.05, 4.69) is 10.2 Å². The summed E-state index contributed by atoms with van der Waals surface area (Å²) in [5.74, 6) is 0.502. The third kappa shape index (κ3) is 8.33. The van der Waals surface area contributed by atoms with Crippen molar-refractivity contribution in [1.82, 2.24) is 10.2 Å². The molecule has 0 radical (unpaired) electrons. The lowest BCUT2D eigenvalue weighted by Gasteiger charge is -2.44. The van der Waals surface area contributed by atoms with Crippen LogP contribution in [0.1, 0.15) is 57.6 Å². The number of nitrogens with one attached hydrogen (secondary N) is 1. The molecule has 2 unspecified atom stereocenters. The van der Waals surface area contributed by atoms with Crippen molar-refractivity contribution in [2.75, 3.05) is 33.9 Å². The van der Waals surface area contributed by atoms with Crippen molar-refractivity contribution in [3.8, 4) is 11.5 Å². The maximum Gasteiger partial charge on any atom is 0.338 e. The zero-order chi connectivity index (χ0) is 35.2. The largest absolute Gasteiger partial charge is 0.619 e. The van der Waals surface area contributed by atoms with E-state index in [1.54, 1.807) is 30.3 Å². The Balaban J connectivity index is 1.16. The first-order chi connectivity index (χ1) is 24.2. The van der Waals surface area contributed by atoms with Crippen molar-refractivity contribution < 1.29 is 33.3 Å². The molecule has 4 heterocycles. The average Bonchev–Trinajstić information content (AvgIpc) is 3.13. The van der Waals surface area contributed by atoms with Gasteiger partial charge in [0.05, 0.1) is 19.8 Å². The van der Waals surface area contributed by atoms with Gasteiger partial charge in [0.25, 0.3) is 0 Å². The smallest absolute Gasteiger partial charge is 0.338 e. The number of rotatable bonds is 13. The second kappa shape index (κ2) is 16.1. The Kier molecular flexibility index (Phi) is 11.4. The number of esters is 2.